The molecule has 1 aliphatic rings. The number of aliphatic hydroxyl groups excluding tert-OH is 1. The first kappa shape index (κ1) is 11.9. The quantitative estimate of drug-likeness (QED) is 0.852. The summed E-state index contributed by atoms with van der Waals surface area (Å²) in [5.41, 5.74) is 6.94. The fourth-order valence-corrected chi connectivity index (χ4v) is 2.78. The predicted molar refractivity (Wildman–Crippen MR) is 66.3 cm³/mol. The average Bonchev–Trinajstić information content (AvgIpc) is 2.81. The maximum Gasteiger partial charge on any atom is 0.0761 e. The van der Waals surface area contributed by atoms with Crippen LogP contribution < -0.4 is 5.73 Å². The molecular formula is C13H18ClNO. The molecule has 0 saturated heterocycles. The van der Waals surface area contributed by atoms with Crippen molar-refractivity contribution in [3.05, 3.63) is 34.9 Å². The van der Waals surface area contributed by atoms with Crippen LogP contribution in [0.25, 0.3) is 0 Å². The van der Waals surface area contributed by atoms with Gasteiger partial charge in [0.1, 0.15) is 0 Å². The number of benzene rings is 1. The maximum atomic E-state index is 10.2. The van der Waals surface area contributed by atoms with Crippen LogP contribution in [0.3, 0.4) is 0 Å². The predicted octanol–water partition coefficient (Wildman–Crippen LogP) is 2.89. The minimum atomic E-state index is -0.470. The van der Waals surface area contributed by atoms with Crippen molar-refractivity contribution in [2.75, 3.05) is 0 Å². The van der Waals surface area contributed by atoms with E-state index < -0.39 is 6.10 Å². The van der Waals surface area contributed by atoms with E-state index in [1.807, 2.05) is 24.3 Å². The average molecular weight is 240 g/mol. The topological polar surface area (TPSA) is 46.2 Å². The summed E-state index contributed by atoms with van der Waals surface area (Å²) in [6.45, 7) is 0. The van der Waals surface area contributed by atoms with Gasteiger partial charge in [-0.2, -0.15) is 0 Å². The van der Waals surface area contributed by atoms with E-state index in [-0.39, 0.29) is 6.04 Å². The zero-order chi connectivity index (χ0) is 11.5. The molecule has 0 amide bonds. The second-order valence-electron chi connectivity index (χ2n) is 4.58. The Hall–Kier alpha value is -0.570. The minimum Gasteiger partial charge on any atom is -0.391 e. The third-order valence-corrected chi connectivity index (χ3v) is 3.86. The number of hydrogen-bond acceptors (Lipinski definition) is 2. The van der Waals surface area contributed by atoms with Gasteiger partial charge in [0.15, 0.2) is 0 Å². The molecule has 0 bridgehead atoms. The molecule has 0 spiro atoms. The van der Waals surface area contributed by atoms with E-state index in [9.17, 15) is 5.11 Å². The molecule has 1 fully saturated rings. The lowest BCUT2D eigenvalue weighted by Crippen LogP contribution is -2.32. The molecule has 2 atom stereocenters. The van der Waals surface area contributed by atoms with Crippen LogP contribution in [0.5, 0.6) is 0 Å². The van der Waals surface area contributed by atoms with Gasteiger partial charge in [0.2, 0.25) is 0 Å². The van der Waals surface area contributed by atoms with Crippen LogP contribution in [0.2, 0.25) is 5.02 Å². The Kier molecular flexibility index (Phi) is 3.85. The second-order valence-corrected chi connectivity index (χ2v) is 4.99. The highest BCUT2D eigenvalue weighted by molar-refractivity contribution is 6.31. The zero-order valence-electron chi connectivity index (χ0n) is 9.27. The van der Waals surface area contributed by atoms with Crippen molar-refractivity contribution in [3.8, 4) is 0 Å². The van der Waals surface area contributed by atoms with E-state index >= 15 is 0 Å². The van der Waals surface area contributed by atoms with E-state index in [1.54, 1.807) is 0 Å². The van der Waals surface area contributed by atoms with Gasteiger partial charge in [-0.1, -0.05) is 42.6 Å². The summed E-state index contributed by atoms with van der Waals surface area (Å²) in [5.74, 6) is 0.339. The molecule has 0 radical (unpaired) electrons. The van der Waals surface area contributed by atoms with Crippen molar-refractivity contribution >= 4 is 11.6 Å². The maximum absolute atomic E-state index is 10.2. The summed E-state index contributed by atoms with van der Waals surface area (Å²) in [5, 5.41) is 10.9. The van der Waals surface area contributed by atoms with E-state index in [0.29, 0.717) is 10.9 Å². The summed E-state index contributed by atoms with van der Waals surface area (Å²) in [6, 6.07) is 7.13. The van der Waals surface area contributed by atoms with E-state index in [0.717, 1.165) is 18.4 Å². The van der Waals surface area contributed by atoms with Crippen LogP contribution in [0, 0.1) is 5.92 Å². The van der Waals surface area contributed by atoms with Crippen molar-refractivity contribution < 1.29 is 5.11 Å². The minimum absolute atomic E-state index is 0.339. The van der Waals surface area contributed by atoms with Crippen LogP contribution in [0.4, 0.5) is 0 Å². The lowest BCUT2D eigenvalue weighted by molar-refractivity contribution is 0.0845. The van der Waals surface area contributed by atoms with E-state index in [1.165, 1.54) is 12.8 Å². The fourth-order valence-electron chi connectivity index (χ4n) is 2.52. The molecule has 1 aromatic rings. The summed E-state index contributed by atoms with van der Waals surface area (Å²) in [4.78, 5) is 0. The molecule has 1 saturated carbocycles. The smallest absolute Gasteiger partial charge is 0.0761 e. The molecule has 0 unspecified atom stereocenters. The fraction of sp³-hybridized carbons (Fsp3) is 0.538. The van der Waals surface area contributed by atoms with Gasteiger partial charge in [-0.3, -0.25) is 0 Å². The van der Waals surface area contributed by atoms with Crippen LogP contribution in [0.15, 0.2) is 24.3 Å². The van der Waals surface area contributed by atoms with Crippen LogP contribution in [-0.2, 0) is 0 Å². The van der Waals surface area contributed by atoms with Gasteiger partial charge < -0.3 is 10.8 Å². The summed E-state index contributed by atoms with van der Waals surface area (Å²) >= 11 is 6.08. The summed E-state index contributed by atoms with van der Waals surface area (Å²) in [7, 11) is 0. The van der Waals surface area contributed by atoms with E-state index in [4.69, 9.17) is 17.3 Å². The van der Waals surface area contributed by atoms with Crippen molar-refractivity contribution in [2.24, 2.45) is 11.7 Å². The van der Waals surface area contributed by atoms with E-state index in [2.05, 4.69) is 0 Å². The van der Waals surface area contributed by atoms with Gasteiger partial charge in [0.25, 0.3) is 0 Å². The molecule has 88 valence electrons. The molecule has 1 aliphatic carbocycles. The highest BCUT2D eigenvalue weighted by Gasteiger charge is 2.29. The lowest BCUT2D eigenvalue weighted by Gasteiger charge is -2.25. The van der Waals surface area contributed by atoms with Gasteiger partial charge in [-0.15, -0.1) is 0 Å². The highest BCUT2D eigenvalue weighted by Crippen LogP contribution is 2.34. The number of hydrogen-bond donors (Lipinski definition) is 2. The number of rotatable bonds is 3. The highest BCUT2D eigenvalue weighted by atomic mass is 35.5. The van der Waals surface area contributed by atoms with Gasteiger partial charge in [0, 0.05) is 5.02 Å². The first-order valence-corrected chi connectivity index (χ1v) is 6.26. The molecule has 2 nitrogen and oxygen atoms in total. The normalized spacial score (nSPS) is 20.9. The summed E-state index contributed by atoms with van der Waals surface area (Å²) in [6.07, 6.45) is 4.11. The molecule has 0 aromatic heterocycles. The molecule has 0 aliphatic heterocycles. The lowest BCUT2D eigenvalue weighted by atomic mass is 9.91. The Morgan fingerprint density at radius 3 is 2.50 bits per heavy atom. The molecule has 0 heterocycles. The zero-order valence-corrected chi connectivity index (χ0v) is 10.0. The van der Waals surface area contributed by atoms with Gasteiger partial charge in [-0.05, 0) is 30.4 Å². The van der Waals surface area contributed by atoms with Gasteiger partial charge in [-0.25, -0.2) is 0 Å². The van der Waals surface area contributed by atoms with Crippen LogP contribution >= 0.6 is 11.6 Å². The standard InChI is InChI=1S/C13H18ClNO/c14-11-8-4-3-7-10(11)12(15)13(16)9-5-1-2-6-9/h3-4,7-9,12-13,16H,1-2,5-6,15H2/t12-,13+/m0/s1. The largest absolute Gasteiger partial charge is 0.391 e. The Labute approximate surface area is 101 Å². The first-order chi connectivity index (χ1) is 7.70. The number of aliphatic hydroxyl groups is 1. The van der Waals surface area contributed by atoms with Gasteiger partial charge in [0.05, 0.1) is 12.1 Å². The first-order valence-electron chi connectivity index (χ1n) is 5.88. The molecule has 2 rings (SSSR count). The molecule has 3 heteroatoms. The Morgan fingerprint density at radius 1 is 1.25 bits per heavy atom. The van der Waals surface area contributed by atoms with Gasteiger partial charge >= 0.3 is 0 Å². The Morgan fingerprint density at radius 2 is 1.88 bits per heavy atom. The Balaban J connectivity index is 2.11. The van der Waals surface area contributed by atoms with Crippen molar-refractivity contribution in [1.29, 1.82) is 0 Å². The second kappa shape index (κ2) is 5.17. The van der Waals surface area contributed by atoms with Crippen molar-refractivity contribution in [1.82, 2.24) is 0 Å². The molecule has 16 heavy (non-hydrogen) atoms. The number of nitrogens with two attached hydrogens (primary N) is 1. The SMILES string of the molecule is N[C@@H](c1ccccc1Cl)[C@H](O)C1CCCC1. The van der Waals surface area contributed by atoms with Crippen molar-refractivity contribution in [3.63, 3.8) is 0 Å². The molecular weight excluding hydrogens is 222 g/mol. The summed E-state index contributed by atoms with van der Waals surface area (Å²) < 4.78 is 0. The molecule has 3 N–H and O–H groups in total. The molecule has 1 aromatic carbocycles. The van der Waals surface area contributed by atoms with Crippen LogP contribution in [0.1, 0.15) is 37.3 Å². The third kappa shape index (κ3) is 2.40. The monoisotopic (exact) mass is 239 g/mol. The third-order valence-electron chi connectivity index (χ3n) is 3.52. The number of halogens is 1. The van der Waals surface area contributed by atoms with Crippen molar-refractivity contribution in [2.45, 2.75) is 37.8 Å². The Bertz CT molecular complexity index is 350. The van der Waals surface area contributed by atoms with Crippen LogP contribution in [-0.4, -0.2) is 11.2 Å².